The first kappa shape index (κ1) is 18.2. The summed E-state index contributed by atoms with van der Waals surface area (Å²) < 4.78 is 5.78. The third kappa shape index (κ3) is 3.05. The Morgan fingerprint density at radius 3 is 1.93 bits per heavy atom. The van der Waals surface area contributed by atoms with Gasteiger partial charge < -0.3 is 10.5 Å². The second-order valence-electron chi connectivity index (χ2n) is 7.46. The molecule has 4 aromatic rings. The van der Waals surface area contributed by atoms with Crippen molar-refractivity contribution in [2.75, 3.05) is 12.3 Å². The maximum absolute atomic E-state index is 12.9. The lowest BCUT2D eigenvalue weighted by molar-refractivity contribution is 0.0495. The highest BCUT2D eigenvalue weighted by molar-refractivity contribution is 5.99. The number of hydrogen-bond acceptors (Lipinski definition) is 3. The van der Waals surface area contributed by atoms with Crippen molar-refractivity contribution in [2.24, 2.45) is 0 Å². The fourth-order valence-corrected chi connectivity index (χ4v) is 4.29. The van der Waals surface area contributed by atoms with Gasteiger partial charge in [0, 0.05) is 11.5 Å². The first-order valence-electron chi connectivity index (χ1n) is 10.0. The number of carbonyl (C=O) groups is 1. The fourth-order valence-electron chi connectivity index (χ4n) is 4.29. The van der Waals surface area contributed by atoms with E-state index in [1.54, 1.807) is 6.07 Å². The number of rotatable bonds is 4. The van der Waals surface area contributed by atoms with Crippen LogP contribution >= 0.6 is 0 Å². The van der Waals surface area contributed by atoms with Crippen LogP contribution in [0.4, 0.5) is 5.69 Å². The van der Waals surface area contributed by atoms with E-state index in [-0.39, 0.29) is 12.5 Å². The predicted octanol–water partition coefficient (Wildman–Crippen LogP) is 5.91. The maximum Gasteiger partial charge on any atom is 0.340 e. The number of benzene rings is 4. The van der Waals surface area contributed by atoms with Crippen molar-refractivity contribution in [1.82, 2.24) is 0 Å². The molecule has 2 N–H and O–H groups in total. The summed E-state index contributed by atoms with van der Waals surface area (Å²) in [5.74, 6) is -0.368. The Labute approximate surface area is 175 Å². The summed E-state index contributed by atoms with van der Waals surface area (Å²) in [5.41, 5.74) is 13.8. The summed E-state index contributed by atoms with van der Waals surface area (Å²) in [5, 5.41) is 0. The van der Waals surface area contributed by atoms with Crippen LogP contribution in [0.25, 0.3) is 22.3 Å². The van der Waals surface area contributed by atoms with Gasteiger partial charge in [-0.15, -0.1) is 0 Å². The number of fused-ring (bicyclic) bond motifs is 3. The average Bonchev–Trinajstić information content (AvgIpc) is 3.12. The average molecular weight is 391 g/mol. The Morgan fingerprint density at radius 1 is 0.700 bits per heavy atom. The third-order valence-electron chi connectivity index (χ3n) is 5.75. The molecule has 3 nitrogen and oxygen atoms in total. The van der Waals surface area contributed by atoms with Crippen molar-refractivity contribution in [3.8, 4) is 22.3 Å². The van der Waals surface area contributed by atoms with Crippen LogP contribution in [0.2, 0.25) is 0 Å². The lowest BCUT2D eigenvalue weighted by Crippen LogP contribution is -2.14. The van der Waals surface area contributed by atoms with Crippen LogP contribution in [0.1, 0.15) is 27.4 Å². The van der Waals surface area contributed by atoms with Crippen molar-refractivity contribution < 1.29 is 9.53 Å². The zero-order chi connectivity index (χ0) is 20.5. The predicted molar refractivity (Wildman–Crippen MR) is 120 cm³/mol. The Morgan fingerprint density at radius 2 is 1.27 bits per heavy atom. The molecule has 0 radical (unpaired) electrons. The number of esters is 1. The zero-order valence-corrected chi connectivity index (χ0v) is 16.4. The van der Waals surface area contributed by atoms with Crippen molar-refractivity contribution in [3.05, 3.63) is 114 Å². The molecule has 1 aliphatic carbocycles. The Kier molecular flexibility index (Phi) is 4.56. The third-order valence-corrected chi connectivity index (χ3v) is 5.75. The van der Waals surface area contributed by atoms with Gasteiger partial charge in [0.25, 0.3) is 0 Å². The van der Waals surface area contributed by atoms with E-state index in [2.05, 4.69) is 24.3 Å². The van der Waals surface area contributed by atoms with Gasteiger partial charge >= 0.3 is 5.97 Å². The molecule has 146 valence electrons. The van der Waals surface area contributed by atoms with Gasteiger partial charge in [-0.1, -0.05) is 91.0 Å². The monoisotopic (exact) mass is 391 g/mol. The topological polar surface area (TPSA) is 52.3 Å². The van der Waals surface area contributed by atoms with E-state index >= 15 is 0 Å². The first-order valence-corrected chi connectivity index (χ1v) is 10.0. The summed E-state index contributed by atoms with van der Waals surface area (Å²) in [6, 6.07) is 31.9. The minimum absolute atomic E-state index is 0.0277. The lowest BCUT2D eigenvalue weighted by atomic mass is 9.98. The van der Waals surface area contributed by atoms with Gasteiger partial charge in [0.1, 0.15) is 6.61 Å². The molecule has 0 heterocycles. The standard InChI is InChI=1S/C27H21NO2/c28-26-19(18-9-2-1-3-10-18)15-8-16-24(26)27(29)30-17-25-22-13-6-4-11-20(22)21-12-5-7-14-23(21)25/h1-16,25H,17,28H2. The molecule has 0 amide bonds. The van der Waals surface area contributed by atoms with E-state index in [1.807, 2.05) is 66.7 Å². The van der Waals surface area contributed by atoms with Crippen LogP contribution in [0, 0.1) is 0 Å². The molecule has 0 atom stereocenters. The van der Waals surface area contributed by atoms with E-state index in [0.717, 1.165) is 11.1 Å². The van der Waals surface area contributed by atoms with Gasteiger partial charge in [-0.25, -0.2) is 4.79 Å². The highest BCUT2D eigenvalue weighted by Gasteiger charge is 2.29. The van der Waals surface area contributed by atoms with Crippen molar-refractivity contribution in [1.29, 1.82) is 0 Å². The minimum Gasteiger partial charge on any atom is -0.461 e. The molecule has 0 saturated carbocycles. The Bertz CT molecular complexity index is 1190. The number of nitrogen functional groups attached to an aromatic ring is 1. The van der Waals surface area contributed by atoms with E-state index in [1.165, 1.54) is 22.3 Å². The molecule has 1 aliphatic rings. The van der Waals surface area contributed by atoms with E-state index in [4.69, 9.17) is 10.5 Å². The van der Waals surface area contributed by atoms with E-state index in [0.29, 0.717) is 11.3 Å². The summed E-state index contributed by atoms with van der Waals surface area (Å²) >= 11 is 0. The van der Waals surface area contributed by atoms with Gasteiger partial charge in [0.15, 0.2) is 0 Å². The largest absolute Gasteiger partial charge is 0.461 e. The van der Waals surface area contributed by atoms with Gasteiger partial charge in [-0.2, -0.15) is 0 Å². The Hall–Kier alpha value is -3.85. The molecule has 0 saturated heterocycles. The number of ether oxygens (including phenoxy) is 1. The fraction of sp³-hybridized carbons (Fsp3) is 0.0741. The molecular formula is C27H21NO2. The molecule has 0 unspecified atom stereocenters. The molecule has 4 aromatic carbocycles. The molecule has 0 aromatic heterocycles. The summed E-state index contributed by atoms with van der Waals surface area (Å²) in [6.07, 6.45) is 0. The SMILES string of the molecule is Nc1c(C(=O)OCC2c3ccccc3-c3ccccc32)cccc1-c1ccccc1. The smallest absolute Gasteiger partial charge is 0.340 e. The quantitative estimate of drug-likeness (QED) is 0.348. The highest BCUT2D eigenvalue weighted by atomic mass is 16.5. The second kappa shape index (κ2) is 7.53. The number of hydrogen-bond donors (Lipinski definition) is 1. The first-order chi connectivity index (χ1) is 14.7. The van der Waals surface area contributed by atoms with Crippen LogP contribution < -0.4 is 5.73 Å². The van der Waals surface area contributed by atoms with Crippen molar-refractivity contribution in [2.45, 2.75) is 5.92 Å². The molecule has 3 heteroatoms. The normalized spacial score (nSPS) is 12.3. The maximum atomic E-state index is 12.9. The lowest BCUT2D eigenvalue weighted by Gasteiger charge is -2.15. The summed E-state index contributed by atoms with van der Waals surface area (Å²) in [4.78, 5) is 12.9. The van der Waals surface area contributed by atoms with Crippen LogP contribution in [0.15, 0.2) is 97.1 Å². The summed E-state index contributed by atoms with van der Waals surface area (Å²) in [7, 11) is 0. The van der Waals surface area contributed by atoms with Crippen LogP contribution in [-0.4, -0.2) is 12.6 Å². The summed E-state index contributed by atoms with van der Waals surface area (Å²) in [6.45, 7) is 0.280. The number of nitrogens with two attached hydrogens (primary N) is 1. The van der Waals surface area contributed by atoms with Gasteiger partial charge in [-0.05, 0) is 33.9 Å². The molecule has 0 bridgehead atoms. The zero-order valence-electron chi connectivity index (χ0n) is 16.4. The van der Waals surface area contributed by atoms with Crippen LogP contribution in [0.5, 0.6) is 0 Å². The number of carbonyl (C=O) groups excluding carboxylic acids is 1. The van der Waals surface area contributed by atoms with Crippen LogP contribution in [0.3, 0.4) is 0 Å². The molecular weight excluding hydrogens is 370 g/mol. The molecule has 0 spiro atoms. The van der Waals surface area contributed by atoms with Crippen molar-refractivity contribution in [3.63, 3.8) is 0 Å². The second-order valence-corrected chi connectivity index (χ2v) is 7.46. The van der Waals surface area contributed by atoms with E-state index < -0.39 is 5.97 Å². The van der Waals surface area contributed by atoms with Gasteiger partial charge in [-0.3, -0.25) is 0 Å². The highest BCUT2D eigenvalue weighted by Crippen LogP contribution is 2.44. The molecule has 0 aliphatic heterocycles. The Balaban J connectivity index is 1.41. The number of anilines is 1. The van der Waals surface area contributed by atoms with Gasteiger partial charge in [0.2, 0.25) is 0 Å². The van der Waals surface area contributed by atoms with Gasteiger partial charge in [0.05, 0.1) is 11.3 Å². The molecule has 30 heavy (non-hydrogen) atoms. The number of para-hydroxylation sites is 1. The van der Waals surface area contributed by atoms with Crippen LogP contribution in [-0.2, 0) is 4.74 Å². The molecule has 0 fully saturated rings. The van der Waals surface area contributed by atoms with Crippen molar-refractivity contribution >= 4 is 11.7 Å². The molecule has 5 rings (SSSR count). The minimum atomic E-state index is -0.396. The van der Waals surface area contributed by atoms with E-state index in [9.17, 15) is 4.79 Å².